The Morgan fingerprint density at radius 2 is 0.929 bits per heavy atom. The predicted octanol–water partition coefficient (Wildman–Crippen LogP) is 4.38. The van der Waals surface area contributed by atoms with Gasteiger partial charge >= 0.3 is 35.0 Å². The summed E-state index contributed by atoms with van der Waals surface area (Å²) in [6.07, 6.45) is 19.0. The van der Waals surface area contributed by atoms with E-state index in [0.717, 1.165) is 12.8 Å². The van der Waals surface area contributed by atoms with Crippen molar-refractivity contribution in [1.29, 1.82) is 0 Å². The fourth-order valence-corrected chi connectivity index (χ4v) is 0.786. The normalized spacial score (nSPS) is 14.1. The molecule has 0 aromatic heterocycles. The van der Waals surface area contributed by atoms with Crippen molar-refractivity contribution in [2.45, 2.75) is 12.8 Å². The topological polar surface area (TPSA) is 0 Å². The van der Waals surface area contributed by atoms with Crippen molar-refractivity contribution in [2.75, 3.05) is 0 Å². The van der Waals surface area contributed by atoms with Crippen LogP contribution in [-0.2, 0) is 33.0 Å². The van der Waals surface area contributed by atoms with E-state index in [9.17, 15) is 0 Å². The number of allylic oxidation sites excluding steroid dienone is 8. The summed E-state index contributed by atoms with van der Waals surface area (Å²) >= 11 is -0.106. The van der Waals surface area contributed by atoms with Crippen molar-refractivity contribution in [2.24, 2.45) is 0 Å². The molecule has 84 valence electrons. The Hall–Kier alpha value is 0.722. The molecule has 0 fully saturated rings. The maximum absolute atomic E-state index is 4.81. The van der Waals surface area contributed by atoms with E-state index in [-0.39, 0.29) is 33.0 Å². The van der Waals surface area contributed by atoms with Crippen molar-refractivity contribution in [1.82, 2.24) is 0 Å². The first-order valence-electron chi connectivity index (χ1n) is 3.87. The molecule has 2 aliphatic carbocycles. The molecule has 0 N–H and O–H groups in total. The van der Waals surface area contributed by atoms with Crippen molar-refractivity contribution in [3.63, 3.8) is 0 Å². The maximum Gasteiger partial charge on any atom is 0 e. The van der Waals surface area contributed by atoms with E-state index in [1.165, 1.54) is 0 Å². The van der Waals surface area contributed by atoms with Gasteiger partial charge in [-0.1, -0.05) is 48.6 Å². The second-order valence-corrected chi connectivity index (χ2v) is 4.59. The molecular weight excluding hydrogens is 353 g/mol. The third-order valence-electron chi connectivity index (χ3n) is 1.31. The van der Waals surface area contributed by atoms with Gasteiger partial charge in [-0.05, 0) is 12.8 Å². The van der Waals surface area contributed by atoms with E-state index in [4.69, 9.17) is 19.1 Å². The fourth-order valence-electron chi connectivity index (χ4n) is 0.786. The van der Waals surface area contributed by atoms with E-state index in [1.54, 1.807) is 0 Å². The fraction of sp³-hybridized carbons (Fsp3) is 0.200. The Labute approximate surface area is 113 Å². The summed E-state index contributed by atoms with van der Waals surface area (Å²) in [7, 11) is 9.63. The van der Waals surface area contributed by atoms with Crippen molar-refractivity contribution in [3.8, 4) is 0 Å². The van der Waals surface area contributed by atoms with E-state index >= 15 is 0 Å². The van der Waals surface area contributed by atoms with Crippen LogP contribution in [0.15, 0.2) is 48.6 Å². The molecule has 0 saturated heterocycles. The third kappa shape index (κ3) is 15.2. The van der Waals surface area contributed by atoms with Gasteiger partial charge in [0.05, 0.1) is 0 Å². The number of halogens is 2. The van der Waals surface area contributed by atoms with Gasteiger partial charge in [-0.25, -0.2) is 0 Å². The van der Waals surface area contributed by atoms with Gasteiger partial charge in [0.2, 0.25) is 0 Å². The molecule has 0 saturated carbocycles. The SMILES string of the molecule is C1=CCC=C1.C1=CCC=C1.[Cl][Pd][Cl].[Fe]. The van der Waals surface area contributed by atoms with Gasteiger partial charge in [0.15, 0.2) is 0 Å². The van der Waals surface area contributed by atoms with Gasteiger partial charge in [0.1, 0.15) is 0 Å². The molecule has 0 bridgehead atoms. The minimum absolute atomic E-state index is 0. The van der Waals surface area contributed by atoms with E-state index in [2.05, 4.69) is 48.6 Å². The maximum atomic E-state index is 4.81. The van der Waals surface area contributed by atoms with Crippen LogP contribution in [0.25, 0.3) is 0 Å². The summed E-state index contributed by atoms with van der Waals surface area (Å²) < 4.78 is 0. The first kappa shape index (κ1) is 17.1. The summed E-state index contributed by atoms with van der Waals surface area (Å²) in [4.78, 5) is 0. The molecule has 14 heavy (non-hydrogen) atoms. The molecule has 0 nitrogen and oxygen atoms in total. The van der Waals surface area contributed by atoms with E-state index in [0.29, 0.717) is 0 Å². The molecule has 0 aromatic carbocycles. The molecule has 0 amide bonds. The molecule has 0 heterocycles. The second-order valence-electron chi connectivity index (χ2n) is 2.23. The first-order chi connectivity index (χ1) is 6.41. The summed E-state index contributed by atoms with van der Waals surface area (Å²) in [5.74, 6) is 0. The molecule has 0 atom stereocenters. The Kier molecular flexibility index (Phi) is 19.8. The summed E-state index contributed by atoms with van der Waals surface area (Å²) in [5, 5.41) is 0. The average molecular weight is 365 g/mol. The van der Waals surface area contributed by atoms with Gasteiger partial charge in [0.25, 0.3) is 0 Å². The Morgan fingerprint density at radius 1 is 0.714 bits per heavy atom. The number of hydrogen-bond donors (Lipinski definition) is 0. The predicted molar refractivity (Wildman–Crippen MR) is 57.5 cm³/mol. The molecule has 2 rings (SSSR count). The number of hydrogen-bond acceptors (Lipinski definition) is 0. The minimum atomic E-state index is -0.106. The van der Waals surface area contributed by atoms with Crippen LogP contribution in [-0.4, -0.2) is 0 Å². The van der Waals surface area contributed by atoms with Crippen molar-refractivity contribution in [3.05, 3.63) is 48.6 Å². The molecule has 0 aromatic rings. The Balaban J connectivity index is 0. The zero-order valence-electron chi connectivity index (χ0n) is 7.46. The van der Waals surface area contributed by atoms with Gasteiger partial charge in [-0.2, -0.15) is 0 Å². The summed E-state index contributed by atoms with van der Waals surface area (Å²) in [5.41, 5.74) is 0. The van der Waals surface area contributed by atoms with Crippen LogP contribution in [0.4, 0.5) is 0 Å². The summed E-state index contributed by atoms with van der Waals surface area (Å²) in [6, 6.07) is 0. The molecule has 2 aliphatic rings. The minimum Gasteiger partial charge on any atom is 0 e. The smallest absolute Gasteiger partial charge is 0 e. The first-order valence-corrected chi connectivity index (χ1v) is 7.88. The molecule has 0 aliphatic heterocycles. The van der Waals surface area contributed by atoms with Crippen LogP contribution in [0.5, 0.6) is 0 Å². The van der Waals surface area contributed by atoms with Crippen molar-refractivity contribution < 1.29 is 33.0 Å². The summed E-state index contributed by atoms with van der Waals surface area (Å²) in [6.45, 7) is 0. The van der Waals surface area contributed by atoms with E-state index < -0.39 is 0 Å². The van der Waals surface area contributed by atoms with Gasteiger partial charge < -0.3 is 0 Å². The second kappa shape index (κ2) is 16.2. The van der Waals surface area contributed by atoms with Gasteiger partial charge in [0, 0.05) is 17.1 Å². The standard InChI is InChI=1S/2C5H6.2ClH.Fe.Pd/c2*1-2-4-5-3-1;;;;/h2*1-4H,5H2;2*1H;;/q;;;;;+2/p-2. The molecule has 4 heteroatoms. The van der Waals surface area contributed by atoms with Crippen LogP contribution < -0.4 is 0 Å². The largest absolute Gasteiger partial charge is 0 e. The quantitative estimate of drug-likeness (QED) is 0.559. The third-order valence-corrected chi connectivity index (χ3v) is 1.31. The molecular formula is C10H12Cl2FePd. The van der Waals surface area contributed by atoms with Crippen LogP contribution >= 0.6 is 19.1 Å². The van der Waals surface area contributed by atoms with Gasteiger partial charge in [-0.3, -0.25) is 0 Å². The van der Waals surface area contributed by atoms with Crippen LogP contribution in [0.3, 0.4) is 0 Å². The van der Waals surface area contributed by atoms with Crippen molar-refractivity contribution >= 4 is 19.1 Å². The molecule has 0 radical (unpaired) electrons. The van der Waals surface area contributed by atoms with Crippen LogP contribution in [0.1, 0.15) is 12.8 Å². The zero-order chi connectivity index (χ0) is 9.78. The average Bonchev–Trinajstić information content (AvgIpc) is 2.85. The Morgan fingerprint density at radius 3 is 1.00 bits per heavy atom. The molecule has 0 unspecified atom stereocenters. The zero-order valence-corrected chi connectivity index (χ0v) is 11.6. The van der Waals surface area contributed by atoms with Crippen LogP contribution in [0, 0.1) is 0 Å². The van der Waals surface area contributed by atoms with Crippen LogP contribution in [0.2, 0.25) is 0 Å². The van der Waals surface area contributed by atoms with E-state index in [1.807, 2.05) is 0 Å². The van der Waals surface area contributed by atoms with Gasteiger partial charge in [-0.15, -0.1) is 0 Å². The Bertz CT molecular complexity index is 168. The molecule has 0 spiro atoms. The number of rotatable bonds is 0. The monoisotopic (exact) mass is 364 g/mol.